The van der Waals surface area contributed by atoms with Gasteiger partial charge in [0.25, 0.3) is 0 Å². The van der Waals surface area contributed by atoms with Gasteiger partial charge >= 0.3 is 5.97 Å². The fourth-order valence-electron chi connectivity index (χ4n) is 3.38. The molecule has 0 fully saturated rings. The number of carbonyl (C=O) groups is 4. The highest BCUT2D eigenvalue weighted by atomic mass is 32.2. The van der Waals surface area contributed by atoms with Crippen molar-refractivity contribution in [2.75, 3.05) is 12.0 Å². The average Bonchev–Trinajstić information content (AvgIpc) is 2.79. The molecule has 36 heavy (non-hydrogen) atoms. The molecule has 202 valence electrons. The van der Waals surface area contributed by atoms with Crippen molar-refractivity contribution < 1.29 is 34.5 Å². The Morgan fingerprint density at radius 3 is 2.00 bits per heavy atom. The molecular formula is C24H38N4O7S. The Morgan fingerprint density at radius 2 is 1.50 bits per heavy atom. The van der Waals surface area contributed by atoms with Crippen LogP contribution in [0.15, 0.2) is 24.3 Å². The van der Waals surface area contributed by atoms with E-state index < -0.39 is 54.0 Å². The second-order valence-corrected chi connectivity index (χ2v) is 10.1. The maximum absolute atomic E-state index is 13.1. The molecule has 0 radical (unpaired) electrons. The molecule has 5 unspecified atom stereocenters. The van der Waals surface area contributed by atoms with Gasteiger partial charge in [0.15, 0.2) is 6.04 Å². The van der Waals surface area contributed by atoms with Crippen molar-refractivity contribution in [3.63, 3.8) is 0 Å². The first kappa shape index (κ1) is 31.2. The van der Waals surface area contributed by atoms with E-state index in [1.807, 2.05) is 20.1 Å². The molecule has 0 aliphatic rings. The molecule has 0 aromatic heterocycles. The van der Waals surface area contributed by atoms with Crippen LogP contribution in [0.25, 0.3) is 0 Å². The largest absolute Gasteiger partial charge is 0.508 e. The van der Waals surface area contributed by atoms with Gasteiger partial charge < -0.3 is 37.0 Å². The fraction of sp³-hybridized carbons (Fsp3) is 0.583. The quantitative estimate of drug-likeness (QED) is 0.165. The number of rotatable bonds is 15. The number of phenols is 1. The molecular weight excluding hydrogens is 488 g/mol. The van der Waals surface area contributed by atoms with Gasteiger partial charge in [-0.15, -0.1) is 0 Å². The molecule has 0 spiro atoms. The second-order valence-electron chi connectivity index (χ2n) is 9.08. The van der Waals surface area contributed by atoms with E-state index in [2.05, 4.69) is 16.0 Å². The maximum Gasteiger partial charge on any atom is 0.328 e. The standard InChI is InChI=1S/C24H38N4O7S/c1-13(2)11-19(27-21(31)17(25)12-15-5-7-16(30)8-6-15)23(33)26-18(9-10-36-4)22(32)28-20(14(3)29)24(34)35/h5-8,13-14,17-20,29-30H,9-12,25H2,1-4H3,(H,26,33)(H,27,31)(H,28,32)(H,34,35). The summed E-state index contributed by atoms with van der Waals surface area (Å²) >= 11 is 1.44. The normalized spacial score (nSPS) is 15.3. The van der Waals surface area contributed by atoms with E-state index >= 15 is 0 Å². The van der Waals surface area contributed by atoms with E-state index in [1.165, 1.54) is 30.8 Å². The number of carboxylic acid groups (broad SMARTS) is 1. The smallest absolute Gasteiger partial charge is 0.328 e. The number of benzene rings is 1. The molecule has 12 heteroatoms. The van der Waals surface area contributed by atoms with Gasteiger partial charge in [-0.25, -0.2) is 4.79 Å². The summed E-state index contributed by atoms with van der Waals surface area (Å²) < 4.78 is 0. The van der Waals surface area contributed by atoms with Crippen LogP contribution in [0.3, 0.4) is 0 Å². The molecule has 1 aromatic carbocycles. The Morgan fingerprint density at radius 1 is 0.944 bits per heavy atom. The lowest BCUT2D eigenvalue weighted by atomic mass is 10.0. The molecule has 1 rings (SSSR count). The van der Waals surface area contributed by atoms with Crippen molar-refractivity contribution in [2.24, 2.45) is 11.7 Å². The second kappa shape index (κ2) is 15.3. The summed E-state index contributed by atoms with van der Waals surface area (Å²) in [4.78, 5) is 50.0. The molecule has 0 bridgehead atoms. The Hall–Kier alpha value is -2.83. The molecule has 0 aliphatic heterocycles. The van der Waals surface area contributed by atoms with Crippen LogP contribution in [0.1, 0.15) is 39.2 Å². The Kier molecular flexibility index (Phi) is 13.3. The van der Waals surface area contributed by atoms with E-state index in [9.17, 15) is 34.5 Å². The molecule has 5 atom stereocenters. The lowest BCUT2D eigenvalue weighted by Crippen LogP contribution is -2.58. The number of phenolic OH excluding ortho intramolecular Hbond substituents is 1. The number of aliphatic carboxylic acids is 1. The van der Waals surface area contributed by atoms with Crippen LogP contribution in [-0.4, -0.2) is 81.3 Å². The summed E-state index contributed by atoms with van der Waals surface area (Å²) in [5.74, 6) is -2.67. The summed E-state index contributed by atoms with van der Waals surface area (Å²) in [5.41, 5.74) is 6.78. The minimum Gasteiger partial charge on any atom is -0.508 e. The first-order chi connectivity index (χ1) is 16.8. The number of nitrogens with one attached hydrogen (secondary N) is 3. The molecule has 0 saturated heterocycles. The number of aromatic hydroxyl groups is 1. The number of hydrogen-bond donors (Lipinski definition) is 7. The number of amides is 3. The number of hydrogen-bond acceptors (Lipinski definition) is 8. The van der Waals surface area contributed by atoms with Crippen molar-refractivity contribution in [3.8, 4) is 5.75 Å². The molecule has 0 aliphatic carbocycles. The third kappa shape index (κ3) is 10.8. The Labute approximate surface area is 215 Å². The average molecular weight is 527 g/mol. The summed E-state index contributed by atoms with van der Waals surface area (Å²) in [6, 6.07) is 1.75. The number of carbonyl (C=O) groups excluding carboxylic acids is 3. The topological polar surface area (TPSA) is 191 Å². The third-order valence-corrected chi connectivity index (χ3v) is 6.00. The van der Waals surface area contributed by atoms with E-state index in [0.29, 0.717) is 5.75 Å². The maximum atomic E-state index is 13.1. The first-order valence-corrected chi connectivity index (χ1v) is 13.1. The van der Waals surface area contributed by atoms with Crippen molar-refractivity contribution >= 4 is 35.5 Å². The van der Waals surface area contributed by atoms with Crippen molar-refractivity contribution in [3.05, 3.63) is 29.8 Å². The highest BCUT2D eigenvalue weighted by Crippen LogP contribution is 2.12. The van der Waals surface area contributed by atoms with Gasteiger partial charge in [-0.05, 0) is 61.8 Å². The van der Waals surface area contributed by atoms with Crippen LogP contribution in [0.4, 0.5) is 0 Å². The zero-order valence-electron chi connectivity index (χ0n) is 21.1. The predicted molar refractivity (Wildman–Crippen MR) is 137 cm³/mol. The van der Waals surface area contributed by atoms with Crippen LogP contribution in [0, 0.1) is 5.92 Å². The molecule has 1 aromatic rings. The van der Waals surface area contributed by atoms with E-state index in [4.69, 9.17) is 5.73 Å². The molecule has 11 nitrogen and oxygen atoms in total. The SMILES string of the molecule is CSCCC(NC(=O)C(CC(C)C)NC(=O)C(N)Cc1ccc(O)cc1)C(=O)NC(C(=O)O)C(C)O. The van der Waals surface area contributed by atoms with Crippen LogP contribution >= 0.6 is 11.8 Å². The predicted octanol–water partition coefficient (Wildman–Crippen LogP) is -0.0190. The fourth-order valence-corrected chi connectivity index (χ4v) is 3.85. The summed E-state index contributed by atoms with van der Waals surface area (Å²) in [6.07, 6.45) is 1.17. The minimum absolute atomic E-state index is 0.0273. The van der Waals surface area contributed by atoms with Gasteiger partial charge in [-0.3, -0.25) is 14.4 Å². The monoisotopic (exact) mass is 526 g/mol. The van der Waals surface area contributed by atoms with Crippen LogP contribution < -0.4 is 21.7 Å². The number of thioether (sulfide) groups is 1. The lowest BCUT2D eigenvalue weighted by molar-refractivity contribution is -0.145. The summed E-state index contributed by atoms with van der Waals surface area (Å²) in [7, 11) is 0. The Balaban J connectivity index is 2.94. The highest BCUT2D eigenvalue weighted by Gasteiger charge is 2.32. The van der Waals surface area contributed by atoms with Crippen LogP contribution in [-0.2, 0) is 25.6 Å². The van der Waals surface area contributed by atoms with Gasteiger partial charge in [0.2, 0.25) is 17.7 Å². The number of nitrogens with two attached hydrogens (primary N) is 1. The molecule has 8 N–H and O–H groups in total. The molecule has 0 heterocycles. The summed E-state index contributed by atoms with van der Waals surface area (Å²) in [6.45, 7) is 4.99. The van der Waals surface area contributed by atoms with Gasteiger partial charge in [-0.2, -0.15) is 11.8 Å². The van der Waals surface area contributed by atoms with Crippen molar-refractivity contribution in [2.45, 2.75) is 70.3 Å². The van der Waals surface area contributed by atoms with Crippen LogP contribution in [0.2, 0.25) is 0 Å². The van der Waals surface area contributed by atoms with E-state index in [1.54, 1.807) is 12.1 Å². The zero-order chi connectivity index (χ0) is 27.4. The van der Waals surface area contributed by atoms with Crippen LogP contribution in [0.5, 0.6) is 5.75 Å². The molecule has 0 saturated carbocycles. The minimum atomic E-state index is -1.53. The molecule has 3 amide bonds. The number of aliphatic hydroxyl groups excluding tert-OH is 1. The summed E-state index contributed by atoms with van der Waals surface area (Å²) in [5, 5.41) is 35.9. The van der Waals surface area contributed by atoms with Gasteiger partial charge in [0, 0.05) is 0 Å². The lowest BCUT2D eigenvalue weighted by Gasteiger charge is -2.26. The Bertz CT molecular complexity index is 880. The number of carboxylic acids is 1. The van der Waals surface area contributed by atoms with Gasteiger partial charge in [-0.1, -0.05) is 26.0 Å². The van der Waals surface area contributed by atoms with Crippen molar-refractivity contribution in [1.82, 2.24) is 16.0 Å². The third-order valence-electron chi connectivity index (χ3n) is 5.36. The van der Waals surface area contributed by atoms with E-state index in [0.717, 1.165) is 5.56 Å². The number of aliphatic hydroxyl groups is 1. The highest BCUT2D eigenvalue weighted by molar-refractivity contribution is 7.98. The van der Waals surface area contributed by atoms with E-state index in [-0.39, 0.29) is 30.9 Å². The zero-order valence-corrected chi connectivity index (χ0v) is 21.9. The van der Waals surface area contributed by atoms with Gasteiger partial charge in [0.1, 0.15) is 17.8 Å². The first-order valence-electron chi connectivity index (χ1n) is 11.7. The van der Waals surface area contributed by atoms with Gasteiger partial charge in [0.05, 0.1) is 12.1 Å². The van der Waals surface area contributed by atoms with Crippen molar-refractivity contribution in [1.29, 1.82) is 0 Å².